The van der Waals surface area contributed by atoms with E-state index in [4.69, 9.17) is 9.72 Å². The molecule has 2 aliphatic rings. The largest absolute Gasteiger partial charge is 0.465 e. The molecule has 3 heterocycles. The summed E-state index contributed by atoms with van der Waals surface area (Å²) in [6, 6.07) is 11.5. The minimum atomic E-state index is -0.308. The average molecular weight is 434 g/mol. The molecule has 0 spiro atoms. The van der Waals surface area contributed by atoms with E-state index in [1.165, 1.54) is 31.2 Å². The fraction of sp³-hybridized carbons (Fsp3) is 0.391. The topological polar surface area (TPSA) is 99.3 Å². The van der Waals surface area contributed by atoms with Crippen molar-refractivity contribution in [2.24, 2.45) is 0 Å². The van der Waals surface area contributed by atoms with Crippen molar-refractivity contribution in [1.82, 2.24) is 25.1 Å². The van der Waals surface area contributed by atoms with Crippen LogP contribution in [0.3, 0.4) is 0 Å². The predicted molar refractivity (Wildman–Crippen MR) is 121 cm³/mol. The summed E-state index contributed by atoms with van der Waals surface area (Å²) in [4.78, 5) is 25.4. The van der Waals surface area contributed by atoms with Crippen molar-refractivity contribution in [3.05, 3.63) is 59.4 Å². The number of anilines is 3. The number of aromatic amines is 1. The Kier molecular flexibility index (Phi) is 5.72. The van der Waals surface area contributed by atoms with Gasteiger partial charge in [-0.1, -0.05) is 12.1 Å². The first kappa shape index (κ1) is 20.4. The second kappa shape index (κ2) is 8.96. The van der Waals surface area contributed by atoms with Crippen molar-refractivity contribution >= 4 is 23.6 Å². The highest BCUT2D eigenvalue weighted by atomic mass is 16.5. The Balaban J connectivity index is 1.15. The molecule has 1 saturated carbocycles. The summed E-state index contributed by atoms with van der Waals surface area (Å²) in [6.45, 7) is 4.41. The minimum absolute atomic E-state index is 0.308. The van der Waals surface area contributed by atoms with Gasteiger partial charge in [0.25, 0.3) is 0 Å². The van der Waals surface area contributed by atoms with Gasteiger partial charge in [0.1, 0.15) is 5.82 Å². The number of H-pyrrole nitrogens is 1. The number of hydrogen-bond acceptors (Lipinski definition) is 8. The third kappa shape index (κ3) is 4.72. The summed E-state index contributed by atoms with van der Waals surface area (Å²) in [6.07, 6.45) is 4.27. The van der Waals surface area contributed by atoms with Gasteiger partial charge >= 0.3 is 5.97 Å². The highest BCUT2D eigenvalue weighted by Gasteiger charge is 2.25. The number of hydrogen-bond donors (Lipinski definition) is 2. The van der Waals surface area contributed by atoms with Crippen molar-refractivity contribution in [1.29, 1.82) is 0 Å². The van der Waals surface area contributed by atoms with Crippen LogP contribution in [0.4, 0.5) is 17.6 Å². The number of nitrogens with zero attached hydrogens (tertiary/aromatic N) is 5. The molecule has 2 aromatic heterocycles. The molecule has 9 heteroatoms. The summed E-state index contributed by atoms with van der Waals surface area (Å²) >= 11 is 0. The SMILES string of the molecule is COC(=O)c1ccc(CN2CCN(c3nccc(Nc4cc(C5CC5)[nH]n4)n3)CC2)cc1. The number of nitrogens with one attached hydrogen (secondary N) is 2. The molecule has 9 nitrogen and oxygen atoms in total. The molecule has 5 rings (SSSR count). The number of benzene rings is 1. The Hall–Kier alpha value is -3.46. The number of ether oxygens (including phenoxy) is 1. The number of carbonyl (C=O) groups is 1. The molecule has 0 atom stereocenters. The van der Waals surface area contributed by atoms with Gasteiger partial charge in [-0.2, -0.15) is 10.1 Å². The summed E-state index contributed by atoms with van der Waals surface area (Å²) in [5.74, 6) is 2.60. The van der Waals surface area contributed by atoms with Gasteiger partial charge in [-0.25, -0.2) is 9.78 Å². The summed E-state index contributed by atoms with van der Waals surface area (Å²) < 4.78 is 4.76. The molecule has 2 fully saturated rings. The van der Waals surface area contributed by atoms with Crippen LogP contribution in [0.1, 0.15) is 40.4 Å². The Morgan fingerprint density at radius 3 is 2.62 bits per heavy atom. The second-order valence-corrected chi connectivity index (χ2v) is 8.30. The van der Waals surface area contributed by atoms with Crippen molar-refractivity contribution < 1.29 is 9.53 Å². The van der Waals surface area contributed by atoms with Crippen LogP contribution < -0.4 is 10.2 Å². The standard InChI is InChI=1S/C23H27N7O2/c1-32-22(31)18-4-2-16(3-5-18)15-29-10-12-30(13-11-29)23-24-9-8-20(26-23)25-21-14-19(27-28-21)17-6-7-17/h2-5,8-9,14,17H,6-7,10-13,15H2,1H3,(H2,24,25,26,27,28). The van der Waals surface area contributed by atoms with Gasteiger partial charge in [0.2, 0.25) is 5.95 Å². The molecule has 3 aromatic rings. The van der Waals surface area contributed by atoms with E-state index in [1.54, 1.807) is 6.20 Å². The summed E-state index contributed by atoms with van der Waals surface area (Å²) in [5, 5.41) is 10.7. The summed E-state index contributed by atoms with van der Waals surface area (Å²) in [7, 11) is 1.40. The van der Waals surface area contributed by atoms with Crippen molar-refractivity contribution in [3.63, 3.8) is 0 Å². The van der Waals surface area contributed by atoms with E-state index in [1.807, 2.05) is 30.3 Å². The van der Waals surface area contributed by atoms with Crippen LogP contribution >= 0.6 is 0 Å². The summed E-state index contributed by atoms with van der Waals surface area (Å²) in [5.41, 5.74) is 2.95. The van der Waals surface area contributed by atoms with Crippen LogP contribution in [0, 0.1) is 0 Å². The van der Waals surface area contributed by atoms with Crippen LogP contribution in [0.5, 0.6) is 0 Å². The molecular weight excluding hydrogens is 406 g/mol. The van der Waals surface area contributed by atoms with Gasteiger partial charge in [-0.05, 0) is 36.6 Å². The molecule has 0 unspecified atom stereocenters. The zero-order valence-corrected chi connectivity index (χ0v) is 18.1. The second-order valence-electron chi connectivity index (χ2n) is 8.30. The first-order chi connectivity index (χ1) is 15.7. The highest BCUT2D eigenvalue weighted by Crippen LogP contribution is 2.39. The lowest BCUT2D eigenvalue weighted by molar-refractivity contribution is 0.0600. The Labute approximate surface area is 186 Å². The predicted octanol–water partition coefficient (Wildman–Crippen LogP) is 2.93. The molecule has 1 aliphatic heterocycles. The van der Waals surface area contributed by atoms with Crippen LogP contribution in [-0.4, -0.2) is 64.3 Å². The number of aromatic nitrogens is 4. The quantitative estimate of drug-likeness (QED) is 0.549. The van der Waals surface area contributed by atoms with Gasteiger partial charge in [-0.15, -0.1) is 0 Å². The number of piperazine rings is 1. The fourth-order valence-electron chi connectivity index (χ4n) is 3.93. The Morgan fingerprint density at radius 1 is 1.12 bits per heavy atom. The molecule has 1 aliphatic carbocycles. The lowest BCUT2D eigenvalue weighted by Gasteiger charge is -2.34. The maximum atomic E-state index is 11.6. The molecule has 2 N–H and O–H groups in total. The van der Waals surface area contributed by atoms with E-state index >= 15 is 0 Å². The molecule has 1 aromatic carbocycles. The lowest BCUT2D eigenvalue weighted by atomic mass is 10.1. The van der Waals surface area contributed by atoms with E-state index in [9.17, 15) is 4.79 Å². The van der Waals surface area contributed by atoms with E-state index in [0.29, 0.717) is 11.5 Å². The first-order valence-electron chi connectivity index (χ1n) is 11.0. The van der Waals surface area contributed by atoms with Gasteiger partial charge in [-0.3, -0.25) is 10.00 Å². The number of carbonyl (C=O) groups excluding carboxylic acids is 1. The van der Waals surface area contributed by atoms with Crippen molar-refractivity contribution in [3.8, 4) is 0 Å². The van der Waals surface area contributed by atoms with Crippen LogP contribution in [-0.2, 0) is 11.3 Å². The van der Waals surface area contributed by atoms with E-state index in [0.717, 1.165) is 50.3 Å². The van der Waals surface area contributed by atoms with Gasteiger partial charge in [0.15, 0.2) is 5.82 Å². The van der Waals surface area contributed by atoms with Crippen LogP contribution in [0.2, 0.25) is 0 Å². The number of rotatable bonds is 7. The van der Waals surface area contributed by atoms with Crippen molar-refractivity contribution in [2.45, 2.75) is 25.3 Å². The first-order valence-corrected chi connectivity index (χ1v) is 11.0. The smallest absolute Gasteiger partial charge is 0.337 e. The van der Waals surface area contributed by atoms with E-state index < -0.39 is 0 Å². The zero-order valence-electron chi connectivity index (χ0n) is 18.1. The lowest BCUT2D eigenvalue weighted by Crippen LogP contribution is -2.46. The Bertz CT molecular complexity index is 1070. The maximum absolute atomic E-state index is 11.6. The van der Waals surface area contributed by atoms with E-state index in [2.05, 4.69) is 36.4 Å². The van der Waals surface area contributed by atoms with Gasteiger partial charge in [0.05, 0.1) is 12.7 Å². The Morgan fingerprint density at radius 2 is 1.91 bits per heavy atom. The molecular formula is C23H27N7O2. The number of esters is 1. The molecule has 0 bridgehead atoms. The van der Waals surface area contributed by atoms with Crippen molar-refractivity contribution in [2.75, 3.05) is 43.5 Å². The zero-order chi connectivity index (χ0) is 21.9. The van der Waals surface area contributed by atoms with Gasteiger partial charge < -0.3 is 15.0 Å². The molecule has 1 saturated heterocycles. The fourth-order valence-corrected chi connectivity index (χ4v) is 3.93. The average Bonchev–Trinajstić information content (AvgIpc) is 3.59. The van der Waals surface area contributed by atoms with Crippen LogP contribution in [0.25, 0.3) is 0 Å². The molecule has 32 heavy (non-hydrogen) atoms. The molecule has 166 valence electrons. The maximum Gasteiger partial charge on any atom is 0.337 e. The monoisotopic (exact) mass is 433 g/mol. The number of methoxy groups -OCH3 is 1. The van der Waals surface area contributed by atoms with E-state index in [-0.39, 0.29) is 5.97 Å². The third-order valence-corrected chi connectivity index (χ3v) is 5.95. The van der Waals surface area contributed by atoms with Gasteiger partial charge in [0, 0.05) is 56.6 Å². The highest BCUT2D eigenvalue weighted by molar-refractivity contribution is 5.89. The minimum Gasteiger partial charge on any atom is -0.465 e. The normalized spacial score (nSPS) is 16.7. The third-order valence-electron chi connectivity index (χ3n) is 5.95. The molecule has 0 amide bonds. The van der Waals surface area contributed by atoms with Crippen LogP contribution in [0.15, 0.2) is 42.6 Å². The molecule has 0 radical (unpaired) electrons.